The van der Waals surface area contributed by atoms with Gasteiger partial charge in [0.05, 0.1) is 46.1 Å². The Balaban J connectivity index is 4.69. The zero-order valence-electron chi connectivity index (χ0n) is 38.2. The average Bonchev–Trinajstić information content (AvgIpc) is 3.20. The summed E-state index contributed by atoms with van der Waals surface area (Å²) in [6, 6.07) is 0. The number of hydrogen-bond acceptors (Lipinski definition) is 11. The lowest BCUT2D eigenvalue weighted by Gasteiger charge is -2.28. The van der Waals surface area contributed by atoms with E-state index in [9.17, 15) is 34.4 Å². The molecule has 0 aromatic rings. The van der Waals surface area contributed by atoms with Crippen LogP contribution in [0.25, 0.3) is 0 Å². The second-order valence-electron chi connectivity index (χ2n) is 16.2. The molecule has 1 unspecified atom stereocenters. The highest BCUT2D eigenvalue weighted by molar-refractivity contribution is 7.45. The van der Waals surface area contributed by atoms with Crippen LogP contribution in [-0.2, 0) is 32.7 Å². The lowest BCUT2D eigenvalue weighted by molar-refractivity contribution is -0.870. The lowest BCUT2D eigenvalue weighted by atomic mass is 10.1. The molecular formula is C48H82NO11P. The van der Waals surface area contributed by atoms with Gasteiger partial charge in [0.1, 0.15) is 19.8 Å². The van der Waals surface area contributed by atoms with Crippen molar-refractivity contribution in [3.8, 4) is 0 Å². The Morgan fingerprint density at radius 3 is 1.90 bits per heavy atom. The van der Waals surface area contributed by atoms with E-state index in [1.165, 1.54) is 44.6 Å². The molecule has 0 aliphatic heterocycles. The van der Waals surface area contributed by atoms with Crippen molar-refractivity contribution >= 4 is 19.8 Å². The van der Waals surface area contributed by atoms with Gasteiger partial charge in [-0.25, -0.2) is 0 Å². The van der Waals surface area contributed by atoms with Gasteiger partial charge in [0.15, 0.2) is 6.10 Å². The van der Waals surface area contributed by atoms with Gasteiger partial charge >= 0.3 is 11.9 Å². The predicted molar refractivity (Wildman–Crippen MR) is 244 cm³/mol. The number of nitrogens with zero attached hydrogens (tertiary/aromatic N) is 1. The van der Waals surface area contributed by atoms with Crippen LogP contribution in [-0.4, -0.2) is 104 Å². The van der Waals surface area contributed by atoms with Crippen molar-refractivity contribution in [2.24, 2.45) is 0 Å². The number of rotatable bonds is 39. The summed E-state index contributed by atoms with van der Waals surface area (Å²) < 4.78 is 33.6. The quantitative estimate of drug-likeness (QED) is 0.0134. The molecule has 0 saturated heterocycles. The van der Waals surface area contributed by atoms with Gasteiger partial charge < -0.3 is 43.2 Å². The molecule has 12 nitrogen and oxygen atoms in total. The molecule has 61 heavy (non-hydrogen) atoms. The summed E-state index contributed by atoms with van der Waals surface area (Å²) >= 11 is 0. The number of aliphatic hydroxyl groups is 3. The molecule has 0 rings (SSSR count). The van der Waals surface area contributed by atoms with Gasteiger partial charge in [-0.05, 0) is 64.2 Å². The van der Waals surface area contributed by atoms with Crippen molar-refractivity contribution in [1.82, 2.24) is 0 Å². The van der Waals surface area contributed by atoms with Crippen molar-refractivity contribution in [2.75, 3.05) is 47.5 Å². The first-order valence-corrected chi connectivity index (χ1v) is 24.1. The van der Waals surface area contributed by atoms with Gasteiger partial charge in [-0.2, -0.15) is 0 Å². The molecule has 0 aliphatic carbocycles. The number of carbonyl (C=O) groups is 2. The van der Waals surface area contributed by atoms with E-state index < -0.39 is 57.4 Å². The zero-order valence-corrected chi connectivity index (χ0v) is 39.1. The van der Waals surface area contributed by atoms with Crippen LogP contribution in [0.15, 0.2) is 85.1 Å². The van der Waals surface area contributed by atoms with E-state index in [4.69, 9.17) is 18.5 Å². The standard InChI is InChI=1S/C48H82NO11P/c1-6-8-10-11-12-13-14-15-16-17-18-19-20-21-22-27-31-37-48(54)60-44(42-59-61(55,56)58-40-39-49(3,4)5)41-57-47(53)38-32-36-46(52)45(51)35-30-26-24-23-25-29-34-43(50)33-28-9-7-2/h9,12-13,15-16,23-26,28-30,34-35,43-46,50-52H,6-8,10-11,14,17-22,27,31-33,36-42H2,1-5H3/b13-12-,16-15-,25-23+,26-24-,28-9-,34-29+,35-30-/t43-,44-,45+,46+/m1/s1. The molecule has 0 saturated carbocycles. The van der Waals surface area contributed by atoms with E-state index in [1.807, 2.05) is 40.2 Å². The Bertz CT molecular complexity index is 1370. The van der Waals surface area contributed by atoms with E-state index in [0.717, 1.165) is 44.9 Å². The molecule has 0 aromatic carbocycles. The normalized spacial score (nSPS) is 15.9. The largest absolute Gasteiger partial charge is 0.756 e. The third-order valence-corrected chi connectivity index (χ3v) is 10.2. The molecule has 13 heteroatoms. The third-order valence-electron chi connectivity index (χ3n) is 9.24. The minimum Gasteiger partial charge on any atom is -0.756 e. The first-order valence-electron chi connectivity index (χ1n) is 22.6. The van der Waals surface area contributed by atoms with E-state index in [0.29, 0.717) is 23.9 Å². The van der Waals surface area contributed by atoms with E-state index in [-0.39, 0.29) is 32.3 Å². The number of unbranched alkanes of at least 4 members (excludes halogenated alkanes) is 10. The van der Waals surface area contributed by atoms with Crippen LogP contribution in [0.2, 0.25) is 0 Å². The molecule has 0 aliphatic rings. The first kappa shape index (κ1) is 58.1. The van der Waals surface area contributed by atoms with Crippen molar-refractivity contribution in [3.05, 3.63) is 85.1 Å². The number of likely N-dealkylation sites (N-methyl/N-ethyl adjacent to an activating group) is 1. The van der Waals surface area contributed by atoms with Gasteiger partial charge in [0.25, 0.3) is 7.82 Å². The number of allylic oxidation sites excluding steroid dienone is 11. The minimum atomic E-state index is -4.72. The number of phosphoric ester groups is 1. The molecule has 0 spiro atoms. The van der Waals surface area contributed by atoms with Crippen LogP contribution in [0.4, 0.5) is 0 Å². The fraction of sp³-hybridized carbons (Fsp3) is 0.667. The van der Waals surface area contributed by atoms with Gasteiger partial charge in [-0.1, -0.05) is 144 Å². The molecule has 350 valence electrons. The van der Waals surface area contributed by atoms with Gasteiger partial charge in [0, 0.05) is 12.8 Å². The summed E-state index contributed by atoms with van der Waals surface area (Å²) in [5, 5.41) is 30.5. The fourth-order valence-electron chi connectivity index (χ4n) is 5.55. The number of phosphoric acid groups is 1. The zero-order chi connectivity index (χ0) is 45.5. The predicted octanol–water partition coefficient (Wildman–Crippen LogP) is 9.08. The Morgan fingerprint density at radius 1 is 0.672 bits per heavy atom. The molecule has 3 N–H and O–H groups in total. The molecule has 0 fully saturated rings. The van der Waals surface area contributed by atoms with Crippen molar-refractivity contribution in [2.45, 2.75) is 160 Å². The molecule has 5 atom stereocenters. The van der Waals surface area contributed by atoms with Crippen LogP contribution < -0.4 is 4.89 Å². The average molecular weight is 880 g/mol. The minimum absolute atomic E-state index is 0.0847. The summed E-state index contributed by atoms with van der Waals surface area (Å²) in [5.74, 6) is -1.18. The number of quaternary nitrogens is 1. The van der Waals surface area contributed by atoms with E-state index >= 15 is 0 Å². The van der Waals surface area contributed by atoms with Gasteiger partial charge in [-0.3, -0.25) is 14.2 Å². The topological polar surface area (TPSA) is 172 Å². The summed E-state index contributed by atoms with van der Waals surface area (Å²) in [4.78, 5) is 37.6. The number of carbonyl (C=O) groups excluding carboxylic acids is 2. The number of aliphatic hydroxyl groups excluding tert-OH is 3. The first-order chi connectivity index (χ1) is 29.2. The molecule has 0 amide bonds. The molecule has 0 aromatic heterocycles. The van der Waals surface area contributed by atoms with Crippen LogP contribution in [0.5, 0.6) is 0 Å². The van der Waals surface area contributed by atoms with E-state index in [1.54, 1.807) is 42.5 Å². The lowest BCUT2D eigenvalue weighted by Crippen LogP contribution is -2.37. The molecule has 0 heterocycles. The fourth-order valence-corrected chi connectivity index (χ4v) is 6.28. The summed E-state index contributed by atoms with van der Waals surface area (Å²) in [6.45, 7) is 3.58. The highest BCUT2D eigenvalue weighted by Crippen LogP contribution is 2.38. The van der Waals surface area contributed by atoms with E-state index in [2.05, 4.69) is 31.2 Å². The summed E-state index contributed by atoms with van der Waals surface area (Å²) in [7, 11) is 0.954. The van der Waals surface area contributed by atoms with Crippen LogP contribution in [0.3, 0.4) is 0 Å². The number of ether oxygens (including phenoxy) is 2. The Morgan fingerprint density at radius 2 is 1.26 bits per heavy atom. The monoisotopic (exact) mass is 880 g/mol. The second kappa shape index (κ2) is 38.7. The Kier molecular flexibility index (Phi) is 36.9. The number of esters is 2. The molecule has 0 bridgehead atoms. The third kappa shape index (κ3) is 40.9. The van der Waals surface area contributed by atoms with Crippen molar-refractivity contribution in [3.63, 3.8) is 0 Å². The van der Waals surface area contributed by atoms with Gasteiger partial charge in [-0.15, -0.1) is 0 Å². The SMILES string of the molecule is CC/C=C\C[C@@H](O)/C=C/C=C/C=C\C=C/[C@H](O)[C@@H](O)CCCC(=O)OC[C@H](COP(=O)([O-])OCC[N+](C)(C)C)OC(=O)CCCCCCCCC/C=C\C/C=C\CCCCC. The Labute approximate surface area is 369 Å². The van der Waals surface area contributed by atoms with Crippen molar-refractivity contribution in [1.29, 1.82) is 0 Å². The molecule has 0 radical (unpaired) electrons. The Hall–Kier alpha value is -2.93. The maximum Gasteiger partial charge on any atom is 0.306 e. The highest BCUT2D eigenvalue weighted by atomic mass is 31.2. The van der Waals surface area contributed by atoms with Crippen LogP contribution >= 0.6 is 7.82 Å². The summed E-state index contributed by atoms with van der Waals surface area (Å²) in [5.41, 5.74) is 0. The van der Waals surface area contributed by atoms with Crippen LogP contribution in [0.1, 0.15) is 136 Å². The highest BCUT2D eigenvalue weighted by Gasteiger charge is 2.22. The maximum atomic E-state index is 12.7. The second-order valence-corrected chi connectivity index (χ2v) is 17.7. The van der Waals surface area contributed by atoms with Gasteiger partial charge in [0.2, 0.25) is 0 Å². The smallest absolute Gasteiger partial charge is 0.306 e. The number of hydrogen-bond donors (Lipinski definition) is 3. The van der Waals surface area contributed by atoms with Crippen LogP contribution in [0, 0.1) is 0 Å². The maximum absolute atomic E-state index is 12.7. The molecular weight excluding hydrogens is 797 g/mol. The summed E-state index contributed by atoms with van der Waals surface area (Å²) in [6.07, 6.45) is 38.4. The van der Waals surface area contributed by atoms with Crippen molar-refractivity contribution < 1.29 is 57.4 Å².